The fourth-order valence-electron chi connectivity index (χ4n) is 1.01. The molecule has 0 aromatic carbocycles. The molecule has 0 aliphatic heterocycles. The molecule has 0 aliphatic rings. The molecule has 0 bridgehead atoms. The van der Waals surface area contributed by atoms with Crippen molar-refractivity contribution in [3.8, 4) is 0 Å². The normalized spacial score (nSPS) is 10.3. The van der Waals surface area contributed by atoms with Gasteiger partial charge in [0.25, 0.3) is 5.22 Å². The Balaban J connectivity index is 2.24. The number of rotatable bonds is 3. The first kappa shape index (κ1) is 9.94. The summed E-state index contributed by atoms with van der Waals surface area (Å²) in [5.74, 6) is 5.62. The summed E-state index contributed by atoms with van der Waals surface area (Å²) in [5.41, 5.74) is 3.23. The molecule has 78 valence electrons. The second-order valence-corrected chi connectivity index (χ2v) is 3.69. The van der Waals surface area contributed by atoms with Gasteiger partial charge in [-0.2, -0.15) is 0 Å². The minimum atomic E-state index is 0.379. The highest BCUT2D eigenvalue weighted by atomic mass is 32.2. The molecule has 0 atom stereocenters. The van der Waals surface area contributed by atoms with Gasteiger partial charge in [0.1, 0.15) is 11.3 Å². The third-order valence-electron chi connectivity index (χ3n) is 1.56. The molecule has 0 fully saturated rings. The van der Waals surface area contributed by atoms with Crippen molar-refractivity contribution in [2.75, 3.05) is 5.43 Å². The standard InChI is InChI=1S/C8H9N5OS/c1-5-4-6(12-7(11-5)13-9)15-8-10-2-3-14-8/h2-4H,9H2,1H3,(H,11,12,13). The van der Waals surface area contributed by atoms with E-state index in [0.717, 1.165) is 10.7 Å². The van der Waals surface area contributed by atoms with Crippen LogP contribution in [0.4, 0.5) is 5.95 Å². The Bertz CT molecular complexity index is 444. The highest BCUT2D eigenvalue weighted by molar-refractivity contribution is 7.99. The highest BCUT2D eigenvalue weighted by Gasteiger charge is 2.05. The summed E-state index contributed by atoms with van der Waals surface area (Å²) in [6.07, 6.45) is 3.09. The summed E-state index contributed by atoms with van der Waals surface area (Å²) in [5, 5.41) is 1.27. The molecule has 6 nitrogen and oxygen atoms in total. The summed E-state index contributed by atoms with van der Waals surface area (Å²) < 4.78 is 5.09. The van der Waals surface area contributed by atoms with Gasteiger partial charge < -0.3 is 4.42 Å². The van der Waals surface area contributed by atoms with Crippen molar-refractivity contribution in [2.24, 2.45) is 5.84 Å². The first-order chi connectivity index (χ1) is 7.28. The summed E-state index contributed by atoms with van der Waals surface area (Å²) in [6.45, 7) is 1.86. The second-order valence-electron chi connectivity index (χ2n) is 2.72. The van der Waals surface area contributed by atoms with E-state index in [0.29, 0.717) is 11.2 Å². The van der Waals surface area contributed by atoms with Gasteiger partial charge in [0.2, 0.25) is 5.95 Å². The lowest BCUT2D eigenvalue weighted by Crippen LogP contribution is -2.11. The average Bonchev–Trinajstić information content (AvgIpc) is 2.69. The second kappa shape index (κ2) is 4.28. The summed E-state index contributed by atoms with van der Waals surface area (Å²) in [6, 6.07) is 1.83. The molecule has 0 unspecified atom stereocenters. The van der Waals surface area contributed by atoms with Gasteiger partial charge in [0, 0.05) is 5.69 Å². The molecule has 2 aromatic rings. The van der Waals surface area contributed by atoms with Crippen molar-refractivity contribution in [1.29, 1.82) is 0 Å². The van der Waals surface area contributed by atoms with Crippen LogP contribution in [0.25, 0.3) is 0 Å². The van der Waals surface area contributed by atoms with Gasteiger partial charge in [-0.1, -0.05) is 0 Å². The third-order valence-corrected chi connectivity index (χ3v) is 2.36. The van der Waals surface area contributed by atoms with Crippen LogP contribution in [0.15, 0.2) is 33.2 Å². The van der Waals surface area contributed by atoms with Gasteiger partial charge in [-0.25, -0.2) is 20.8 Å². The number of nitrogen functional groups attached to an aromatic ring is 1. The number of nitrogens with one attached hydrogen (secondary N) is 1. The quantitative estimate of drug-likeness (QED) is 0.459. The lowest BCUT2D eigenvalue weighted by atomic mass is 10.5. The van der Waals surface area contributed by atoms with Gasteiger partial charge in [0.05, 0.1) is 6.20 Å². The lowest BCUT2D eigenvalue weighted by Gasteiger charge is -2.02. The lowest BCUT2D eigenvalue weighted by molar-refractivity contribution is 0.454. The summed E-state index contributed by atoms with van der Waals surface area (Å²) in [7, 11) is 0. The zero-order valence-electron chi connectivity index (χ0n) is 7.97. The monoisotopic (exact) mass is 223 g/mol. The van der Waals surface area contributed by atoms with Gasteiger partial charge in [-0.15, -0.1) is 0 Å². The maximum absolute atomic E-state index is 5.24. The minimum absolute atomic E-state index is 0.379. The van der Waals surface area contributed by atoms with Crippen LogP contribution in [0.2, 0.25) is 0 Å². The van der Waals surface area contributed by atoms with E-state index in [1.807, 2.05) is 13.0 Å². The zero-order valence-corrected chi connectivity index (χ0v) is 8.78. The van der Waals surface area contributed by atoms with Crippen LogP contribution in [-0.2, 0) is 0 Å². The van der Waals surface area contributed by atoms with Crippen molar-refractivity contribution in [3.05, 3.63) is 24.2 Å². The maximum atomic E-state index is 5.24. The predicted octanol–water partition coefficient (Wildman–Crippen LogP) is 1.21. The fraction of sp³-hybridized carbons (Fsp3) is 0.125. The number of aromatic nitrogens is 3. The smallest absolute Gasteiger partial charge is 0.261 e. The molecule has 7 heteroatoms. The van der Waals surface area contributed by atoms with E-state index in [1.54, 1.807) is 6.20 Å². The molecule has 0 saturated heterocycles. The van der Waals surface area contributed by atoms with E-state index >= 15 is 0 Å². The Morgan fingerprint density at radius 3 is 3.00 bits per heavy atom. The van der Waals surface area contributed by atoms with Gasteiger partial charge in [0.15, 0.2) is 0 Å². The zero-order chi connectivity index (χ0) is 10.7. The Morgan fingerprint density at radius 1 is 1.47 bits per heavy atom. The van der Waals surface area contributed by atoms with Gasteiger partial charge >= 0.3 is 0 Å². The fourth-order valence-corrected chi connectivity index (χ4v) is 1.76. The van der Waals surface area contributed by atoms with E-state index in [-0.39, 0.29) is 0 Å². The molecular weight excluding hydrogens is 214 g/mol. The van der Waals surface area contributed by atoms with Crippen LogP contribution in [0.5, 0.6) is 0 Å². The molecule has 0 saturated carbocycles. The highest BCUT2D eigenvalue weighted by Crippen LogP contribution is 2.25. The van der Waals surface area contributed by atoms with E-state index < -0.39 is 0 Å². The van der Waals surface area contributed by atoms with Crippen molar-refractivity contribution < 1.29 is 4.42 Å². The Labute approximate surface area is 90.3 Å². The van der Waals surface area contributed by atoms with E-state index in [1.165, 1.54) is 18.0 Å². The Kier molecular flexibility index (Phi) is 2.84. The average molecular weight is 223 g/mol. The number of nitrogens with two attached hydrogens (primary N) is 1. The SMILES string of the molecule is Cc1cc(Sc2ncco2)nc(NN)n1. The van der Waals surface area contributed by atoms with E-state index in [9.17, 15) is 0 Å². The molecular formula is C8H9N5OS. The Morgan fingerprint density at radius 2 is 2.33 bits per heavy atom. The van der Waals surface area contributed by atoms with Crippen molar-refractivity contribution in [2.45, 2.75) is 17.2 Å². The van der Waals surface area contributed by atoms with Crippen molar-refractivity contribution >= 4 is 17.7 Å². The van der Waals surface area contributed by atoms with Crippen LogP contribution in [-0.4, -0.2) is 15.0 Å². The molecule has 0 aliphatic carbocycles. The van der Waals surface area contributed by atoms with Gasteiger partial charge in [-0.3, -0.25) is 5.43 Å². The largest absolute Gasteiger partial charge is 0.440 e. The first-order valence-electron chi connectivity index (χ1n) is 4.17. The van der Waals surface area contributed by atoms with Crippen LogP contribution < -0.4 is 11.3 Å². The number of aryl methyl sites for hydroxylation is 1. The van der Waals surface area contributed by atoms with Crippen LogP contribution in [0.1, 0.15) is 5.69 Å². The van der Waals surface area contributed by atoms with Crippen molar-refractivity contribution in [3.63, 3.8) is 0 Å². The molecule has 3 N–H and O–H groups in total. The number of nitrogens with zero attached hydrogens (tertiary/aromatic N) is 3. The maximum Gasteiger partial charge on any atom is 0.261 e. The molecule has 0 radical (unpaired) electrons. The van der Waals surface area contributed by atoms with Crippen LogP contribution in [0.3, 0.4) is 0 Å². The number of hydrazine groups is 1. The van der Waals surface area contributed by atoms with E-state index in [2.05, 4.69) is 20.4 Å². The number of anilines is 1. The molecule has 0 amide bonds. The van der Waals surface area contributed by atoms with Crippen LogP contribution >= 0.6 is 11.8 Å². The molecule has 15 heavy (non-hydrogen) atoms. The topological polar surface area (TPSA) is 89.9 Å². The minimum Gasteiger partial charge on any atom is -0.440 e. The van der Waals surface area contributed by atoms with Crippen LogP contribution in [0, 0.1) is 6.92 Å². The summed E-state index contributed by atoms with van der Waals surface area (Å²) >= 11 is 1.31. The molecule has 0 spiro atoms. The third kappa shape index (κ3) is 2.45. The van der Waals surface area contributed by atoms with Gasteiger partial charge in [-0.05, 0) is 24.8 Å². The first-order valence-corrected chi connectivity index (χ1v) is 4.99. The number of hydrogen-bond donors (Lipinski definition) is 2. The number of hydrogen-bond acceptors (Lipinski definition) is 7. The van der Waals surface area contributed by atoms with Crippen molar-refractivity contribution in [1.82, 2.24) is 15.0 Å². The van der Waals surface area contributed by atoms with E-state index in [4.69, 9.17) is 10.3 Å². The predicted molar refractivity (Wildman–Crippen MR) is 55.2 cm³/mol. The summed E-state index contributed by atoms with van der Waals surface area (Å²) in [4.78, 5) is 12.2. The molecule has 2 heterocycles. The molecule has 2 rings (SSSR count). The number of oxazole rings is 1. The Hall–Kier alpha value is -1.60. The molecule has 2 aromatic heterocycles.